The molecule has 0 heterocycles. The van der Waals surface area contributed by atoms with E-state index >= 15 is 0 Å². The van der Waals surface area contributed by atoms with Crippen LogP contribution in [0.4, 0.5) is 5.69 Å². The van der Waals surface area contributed by atoms with Crippen LogP contribution in [0.1, 0.15) is 11.1 Å². The largest absolute Gasteiger partial charge is 0.487 e. The Morgan fingerprint density at radius 1 is 0.960 bits per heavy atom. The fraction of sp³-hybridized carbons (Fsp3) is 0.0500. The molecule has 3 aromatic carbocycles. The van der Waals surface area contributed by atoms with E-state index in [0.29, 0.717) is 11.6 Å². The summed E-state index contributed by atoms with van der Waals surface area (Å²) in [5.74, 6) is 0.725. The number of hydrogen-bond acceptors (Lipinski definition) is 2. The minimum absolute atomic E-state index is 0.381. The first-order valence-corrected chi connectivity index (χ1v) is 9.54. The first kappa shape index (κ1) is 18.2. The molecule has 0 N–H and O–H groups in total. The van der Waals surface area contributed by atoms with Gasteiger partial charge in [0.1, 0.15) is 12.4 Å². The van der Waals surface area contributed by atoms with Gasteiger partial charge in [0, 0.05) is 26.8 Å². The zero-order valence-electron chi connectivity index (χ0n) is 13.1. The van der Waals surface area contributed by atoms with Gasteiger partial charge in [-0.25, -0.2) is 0 Å². The summed E-state index contributed by atoms with van der Waals surface area (Å²) in [7, 11) is 0. The zero-order valence-corrected chi connectivity index (χ0v) is 17.1. The summed E-state index contributed by atoms with van der Waals surface area (Å²) in [5.41, 5.74) is 2.69. The van der Waals surface area contributed by atoms with Crippen molar-refractivity contribution in [1.29, 1.82) is 0 Å². The van der Waals surface area contributed by atoms with Gasteiger partial charge in [0.25, 0.3) is 0 Å². The molecule has 0 aliphatic heterocycles. The molecule has 126 valence electrons. The number of hydrogen-bond donors (Lipinski definition) is 0. The molecule has 0 bridgehead atoms. The lowest BCUT2D eigenvalue weighted by Gasteiger charge is -2.13. The number of ether oxygens (including phenoxy) is 1. The van der Waals surface area contributed by atoms with Crippen molar-refractivity contribution in [2.75, 3.05) is 0 Å². The van der Waals surface area contributed by atoms with E-state index in [9.17, 15) is 0 Å². The molecule has 0 fully saturated rings. The monoisotopic (exact) mass is 477 g/mol. The van der Waals surface area contributed by atoms with E-state index in [1.165, 1.54) is 0 Å². The lowest BCUT2D eigenvalue weighted by molar-refractivity contribution is 0.304. The minimum Gasteiger partial charge on any atom is -0.487 e. The molecule has 0 aliphatic carbocycles. The predicted molar refractivity (Wildman–Crippen MR) is 111 cm³/mol. The van der Waals surface area contributed by atoms with Gasteiger partial charge >= 0.3 is 0 Å². The highest BCUT2D eigenvalue weighted by Gasteiger charge is 2.10. The maximum Gasteiger partial charge on any atom is 0.142 e. The quantitative estimate of drug-likeness (QED) is 0.355. The molecule has 0 saturated heterocycles. The summed E-state index contributed by atoms with van der Waals surface area (Å²) < 4.78 is 7.83. The highest BCUT2D eigenvalue weighted by Crippen LogP contribution is 2.33. The van der Waals surface area contributed by atoms with Gasteiger partial charge in [-0.15, -0.1) is 0 Å². The van der Waals surface area contributed by atoms with Crippen molar-refractivity contribution in [3.8, 4) is 5.75 Å². The average molecular weight is 480 g/mol. The van der Waals surface area contributed by atoms with Crippen LogP contribution < -0.4 is 4.74 Å². The smallest absolute Gasteiger partial charge is 0.142 e. The Hall–Kier alpha value is -1.62. The summed E-state index contributed by atoms with van der Waals surface area (Å²) in [6, 6.07) is 21.4. The molecule has 3 rings (SSSR count). The van der Waals surface area contributed by atoms with Gasteiger partial charge in [-0.3, -0.25) is 4.99 Å². The molecule has 0 radical (unpaired) electrons. The van der Waals surface area contributed by atoms with E-state index in [-0.39, 0.29) is 0 Å². The Kier molecular flexibility index (Phi) is 6.29. The highest BCUT2D eigenvalue weighted by atomic mass is 79.9. The molecular formula is C20H14Br2ClNO. The lowest BCUT2D eigenvalue weighted by atomic mass is 10.2. The topological polar surface area (TPSA) is 21.6 Å². The van der Waals surface area contributed by atoms with Crippen molar-refractivity contribution < 1.29 is 4.74 Å². The third-order valence-corrected chi connectivity index (χ3v) is 4.89. The Bertz CT molecular complexity index is 897. The molecule has 2 nitrogen and oxygen atoms in total. The minimum atomic E-state index is 0.381. The van der Waals surface area contributed by atoms with Gasteiger partial charge in [0.15, 0.2) is 0 Å². The van der Waals surface area contributed by atoms with Gasteiger partial charge < -0.3 is 4.74 Å². The number of para-hydroxylation sites is 1. The van der Waals surface area contributed by atoms with Crippen LogP contribution in [0.15, 0.2) is 80.7 Å². The summed E-state index contributed by atoms with van der Waals surface area (Å²) in [5, 5.41) is 0.690. The second kappa shape index (κ2) is 8.65. The van der Waals surface area contributed by atoms with Gasteiger partial charge in [-0.05, 0) is 46.3 Å². The molecule has 0 saturated carbocycles. The molecule has 0 amide bonds. The fourth-order valence-electron chi connectivity index (χ4n) is 2.25. The average Bonchev–Trinajstić information content (AvgIpc) is 2.61. The standard InChI is InChI=1S/C20H14Br2ClNO/c21-16-10-15(12-24-17-7-2-1-3-8-17)20(18(22)11-16)25-13-14-6-4-5-9-19(14)23/h1-12H,13H2. The molecule has 25 heavy (non-hydrogen) atoms. The number of benzene rings is 3. The Balaban J connectivity index is 1.88. The molecule has 0 unspecified atom stereocenters. The molecule has 0 aliphatic rings. The van der Waals surface area contributed by atoms with Gasteiger partial charge in [0.05, 0.1) is 10.2 Å². The van der Waals surface area contributed by atoms with Crippen molar-refractivity contribution in [3.63, 3.8) is 0 Å². The molecule has 0 spiro atoms. The fourth-order valence-corrected chi connectivity index (χ4v) is 3.81. The number of nitrogens with zero attached hydrogens (tertiary/aromatic N) is 1. The Morgan fingerprint density at radius 3 is 2.44 bits per heavy atom. The third-order valence-electron chi connectivity index (χ3n) is 3.48. The summed E-state index contributed by atoms with van der Waals surface area (Å²) in [4.78, 5) is 4.52. The van der Waals surface area contributed by atoms with Crippen LogP contribution in [0.3, 0.4) is 0 Å². The van der Waals surface area contributed by atoms with E-state index in [1.807, 2.05) is 66.7 Å². The zero-order chi connectivity index (χ0) is 17.6. The summed E-state index contributed by atoms with van der Waals surface area (Å²) >= 11 is 13.3. The van der Waals surface area contributed by atoms with Gasteiger partial charge in [0.2, 0.25) is 0 Å². The maximum atomic E-state index is 6.21. The first-order chi connectivity index (χ1) is 12.1. The van der Waals surface area contributed by atoms with Gasteiger partial charge in [-0.2, -0.15) is 0 Å². The molecular weight excluding hydrogens is 465 g/mol. The van der Waals surface area contributed by atoms with Crippen molar-refractivity contribution >= 4 is 55.4 Å². The number of rotatable bonds is 5. The number of aliphatic imine (C=N–C) groups is 1. The van der Waals surface area contributed by atoms with E-state index in [4.69, 9.17) is 16.3 Å². The van der Waals surface area contributed by atoms with Crippen LogP contribution in [0.25, 0.3) is 0 Å². The molecule has 0 aromatic heterocycles. The maximum absolute atomic E-state index is 6.21. The first-order valence-electron chi connectivity index (χ1n) is 7.58. The van der Waals surface area contributed by atoms with Crippen molar-refractivity contribution in [2.24, 2.45) is 4.99 Å². The van der Waals surface area contributed by atoms with Crippen LogP contribution in [0.5, 0.6) is 5.75 Å². The third kappa shape index (κ3) is 4.94. The van der Waals surface area contributed by atoms with E-state index < -0.39 is 0 Å². The SMILES string of the molecule is Clc1ccccc1COc1c(Br)cc(Br)cc1C=Nc1ccccc1. The second-order valence-corrected chi connectivity index (χ2v) is 7.46. The van der Waals surface area contributed by atoms with E-state index in [0.717, 1.165) is 31.5 Å². The van der Waals surface area contributed by atoms with Crippen LogP contribution in [0.2, 0.25) is 5.02 Å². The van der Waals surface area contributed by atoms with Crippen molar-refractivity contribution in [3.05, 3.63) is 91.8 Å². The van der Waals surface area contributed by atoms with E-state index in [1.54, 1.807) is 6.21 Å². The summed E-state index contributed by atoms with van der Waals surface area (Å²) in [6.45, 7) is 0.381. The molecule has 0 atom stereocenters. The van der Waals surface area contributed by atoms with Gasteiger partial charge in [-0.1, -0.05) is 63.9 Å². The van der Waals surface area contributed by atoms with Crippen molar-refractivity contribution in [1.82, 2.24) is 0 Å². The highest BCUT2D eigenvalue weighted by molar-refractivity contribution is 9.11. The van der Waals surface area contributed by atoms with Crippen molar-refractivity contribution in [2.45, 2.75) is 6.61 Å². The van der Waals surface area contributed by atoms with E-state index in [2.05, 4.69) is 36.9 Å². The predicted octanol–water partition coefficient (Wildman–Crippen LogP) is 7.19. The Morgan fingerprint density at radius 2 is 1.68 bits per heavy atom. The second-order valence-electron chi connectivity index (χ2n) is 5.28. The van der Waals surface area contributed by atoms with Crippen LogP contribution in [0, 0.1) is 0 Å². The normalized spacial score (nSPS) is 11.0. The number of halogens is 3. The van der Waals surface area contributed by atoms with Crippen LogP contribution in [-0.4, -0.2) is 6.21 Å². The molecule has 5 heteroatoms. The van der Waals surface area contributed by atoms with Crippen LogP contribution >= 0.6 is 43.5 Å². The lowest BCUT2D eigenvalue weighted by Crippen LogP contribution is -2.00. The summed E-state index contributed by atoms with van der Waals surface area (Å²) in [6.07, 6.45) is 1.80. The Labute approximate surface area is 168 Å². The molecule has 3 aromatic rings. The van der Waals surface area contributed by atoms with Crippen LogP contribution in [-0.2, 0) is 6.61 Å².